The van der Waals surface area contributed by atoms with Crippen molar-refractivity contribution >= 4 is 18.2 Å². The summed E-state index contributed by atoms with van der Waals surface area (Å²) < 4.78 is 20.2. The van der Waals surface area contributed by atoms with Gasteiger partial charge in [0, 0.05) is 0 Å². The summed E-state index contributed by atoms with van der Waals surface area (Å²) in [7, 11) is 0. The van der Waals surface area contributed by atoms with E-state index in [0.717, 1.165) is 5.56 Å². The molecule has 156 valence electrons. The van der Waals surface area contributed by atoms with Crippen LogP contribution >= 0.6 is 0 Å². The van der Waals surface area contributed by atoms with Gasteiger partial charge in [0.1, 0.15) is 24.9 Å². The van der Waals surface area contributed by atoms with Gasteiger partial charge in [-0.25, -0.2) is 14.4 Å². The number of benzene rings is 1. The minimum absolute atomic E-state index is 0.0902. The summed E-state index contributed by atoms with van der Waals surface area (Å²) in [6, 6.07) is 8.29. The summed E-state index contributed by atoms with van der Waals surface area (Å²) >= 11 is 0. The number of carbonyl (C=O) groups excluding carboxylic acids is 3. The van der Waals surface area contributed by atoms with Gasteiger partial charge in [-0.1, -0.05) is 44.2 Å². The highest BCUT2D eigenvalue weighted by Crippen LogP contribution is 2.13. The maximum absolute atomic E-state index is 12.4. The fourth-order valence-corrected chi connectivity index (χ4v) is 2.13. The van der Waals surface area contributed by atoms with Gasteiger partial charge in [0.2, 0.25) is 0 Å². The zero-order valence-electron chi connectivity index (χ0n) is 17.0. The molecule has 0 aromatic heterocycles. The molecule has 0 radical (unpaired) electrons. The molecule has 0 spiro atoms. The number of alkyl carbamates (subject to hydrolysis) is 1. The van der Waals surface area contributed by atoms with Crippen LogP contribution in [0.25, 0.3) is 0 Å². The van der Waals surface area contributed by atoms with Gasteiger partial charge in [0.25, 0.3) is 0 Å². The Morgan fingerprint density at radius 1 is 1.04 bits per heavy atom. The van der Waals surface area contributed by atoms with Crippen molar-refractivity contribution in [2.45, 2.75) is 52.9 Å². The molecule has 8 nitrogen and oxygen atoms in total. The number of amides is 1. The average Bonchev–Trinajstić information content (AvgIpc) is 2.63. The lowest BCUT2D eigenvalue weighted by Gasteiger charge is -2.26. The molecule has 1 rings (SSSR count). The van der Waals surface area contributed by atoms with Crippen LogP contribution in [-0.2, 0) is 30.3 Å². The van der Waals surface area contributed by atoms with Crippen LogP contribution in [0.15, 0.2) is 30.3 Å². The number of nitrogens with one attached hydrogen (secondary N) is 1. The first kappa shape index (κ1) is 23.3. The molecule has 0 heterocycles. The highest BCUT2D eigenvalue weighted by molar-refractivity contribution is 5.81. The standard InChI is InChI=1S/C20H29NO7/c1-6-25-19(24)28-20(4,5)13-27-17(22)16(14(2)3)21-18(23)26-12-15-10-8-7-9-11-15/h7-11,14,16H,6,12-13H2,1-5H3,(H,21,23)/t16-/m0/s1. The quantitative estimate of drug-likeness (QED) is 0.505. The van der Waals surface area contributed by atoms with Gasteiger partial charge in [-0.2, -0.15) is 0 Å². The molecule has 0 fully saturated rings. The fraction of sp³-hybridized carbons (Fsp3) is 0.550. The van der Waals surface area contributed by atoms with E-state index in [4.69, 9.17) is 18.9 Å². The van der Waals surface area contributed by atoms with Crippen LogP contribution < -0.4 is 5.32 Å². The topological polar surface area (TPSA) is 100 Å². The first-order valence-corrected chi connectivity index (χ1v) is 9.14. The number of ether oxygens (including phenoxy) is 4. The van der Waals surface area contributed by atoms with Gasteiger partial charge >= 0.3 is 18.2 Å². The Hall–Kier alpha value is -2.77. The van der Waals surface area contributed by atoms with Crippen LogP contribution in [0.1, 0.15) is 40.2 Å². The molecule has 0 saturated carbocycles. The van der Waals surface area contributed by atoms with Crippen LogP contribution in [0.3, 0.4) is 0 Å². The molecular weight excluding hydrogens is 366 g/mol. The Bertz CT molecular complexity index is 643. The smallest absolute Gasteiger partial charge is 0.460 e. The van der Waals surface area contributed by atoms with Crippen molar-refractivity contribution < 1.29 is 33.3 Å². The Kier molecular flexibility index (Phi) is 9.27. The average molecular weight is 395 g/mol. The maximum Gasteiger partial charge on any atom is 0.508 e. The lowest BCUT2D eigenvalue weighted by atomic mass is 10.0. The van der Waals surface area contributed by atoms with E-state index in [1.165, 1.54) is 0 Å². The van der Waals surface area contributed by atoms with E-state index < -0.39 is 29.9 Å². The molecular formula is C20H29NO7. The van der Waals surface area contributed by atoms with E-state index in [0.29, 0.717) is 0 Å². The summed E-state index contributed by atoms with van der Waals surface area (Å²) in [4.78, 5) is 35.8. The molecule has 28 heavy (non-hydrogen) atoms. The second-order valence-corrected chi connectivity index (χ2v) is 7.08. The van der Waals surface area contributed by atoms with Crippen LogP contribution in [0.5, 0.6) is 0 Å². The number of hydrogen-bond donors (Lipinski definition) is 1. The Labute approximate surface area is 165 Å². The minimum atomic E-state index is -1.07. The van der Waals surface area contributed by atoms with E-state index in [1.54, 1.807) is 34.6 Å². The van der Waals surface area contributed by atoms with Gasteiger partial charge in [0.15, 0.2) is 0 Å². The molecule has 0 bridgehead atoms. The monoisotopic (exact) mass is 395 g/mol. The second kappa shape index (κ2) is 11.2. The van der Waals surface area contributed by atoms with Crippen molar-refractivity contribution in [3.63, 3.8) is 0 Å². The van der Waals surface area contributed by atoms with Crippen LogP contribution in [0.4, 0.5) is 9.59 Å². The van der Waals surface area contributed by atoms with Crippen molar-refractivity contribution in [1.82, 2.24) is 5.32 Å². The molecule has 1 aromatic carbocycles. The second-order valence-electron chi connectivity index (χ2n) is 7.08. The number of hydrogen-bond acceptors (Lipinski definition) is 7. The van der Waals surface area contributed by atoms with Gasteiger partial charge in [0.05, 0.1) is 6.61 Å². The predicted octanol–water partition coefficient (Wildman–Crippen LogP) is 3.43. The summed E-state index contributed by atoms with van der Waals surface area (Å²) in [5.41, 5.74) is -0.240. The van der Waals surface area contributed by atoms with Crippen molar-refractivity contribution in [1.29, 1.82) is 0 Å². The van der Waals surface area contributed by atoms with Gasteiger partial charge in [-0.3, -0.25) is 0 Å². The molecule has 0 unspecified atom stereocenters. The van der Waals surface area contributed by atoms with Crippen LogP contribution in [-0.4, -0.2) is 43.1 Å². The largest absolute Gasteiger partial charge is 0.508 e. The van der Waals surface area contributed by atoms with Crippen molar-refractivity contribution in [3.8, 4) is 0 Å². The normalized spacial score (nSPS) is 12.1. The lowest BCUT2D eigenvalue weighted by molar-refractivity contribution is -0.154. The lowest BCUT2D eigenvalue weighted by Crippen LogP contribution is -2.47. The third-order valence-corrected chi connectivity index (χ3v) is 3.59. The zero-order valence-corrected chi connectivity index (χ0v) is 17.0. The molecule has 8 heteroatoms. The first-order valence-electron chi connectivity index (χ1n) is 9.14. The first-order chi connectivity index (χ1) is 13.1. The molecule has 1 aromatic rings. The Balaban J connectivity index is 2.53. The molecule has 0 aliphatic heterocycles. The summed E-state index contributed by atoms with van der Waals surface area (Å²) in [5, 5.41) is 2.52. The van der Waals surface area contributed by atoms with E-state index in [9.17, 15) is 14.4 Å². The molecule has 0 saturated heterocycles. The van der Waals surface area contributed by atoms with Crippen LogP contribution in [0.2, 0.25) is 0 Å². The summed E-state index contributed by atoms with van der Waals surface area (Å²) in [6.07, 6.45) is -1.56. The molecule has 1 N–H and O–H groups in total. The Morgan fingerprint density at radius 3 is 2.25 bits per heavy atom. The summed E-state index contributed by atoms with van der Waals surface area (Å²) in [5.74, 6) is -0.877. The van der Waals surface area contributed by atoms with Crippen molar-refractivity contribution in [2.24, 2.45) is 5.92 Å². The van der Waals surface area contributed by atoms with Gasteiger partial charge < -0.3 is 24.3 Å². The van der Waals surface area contributed by atoms with E-state index in [-0.39, 0.29) is 25.7 Å². The third-order valence-electron chi connectivity index (χ3n) is 3.59. The highest BCUT2D eigenvalue weighted by Gasteiger charge is 2.31. The minimum Gasteiger partial charge on any atom is -0.460 e. The fourth-order valence-electron chi connectivity index (χ4n) is 2.13. The van der Waals surface area contributed by atoms with Crippen molar-refractivity contribution in [3.05, 3.63) is 35.9 Å². The van der Waals surface area contributed by atoms with Gasteiger partial charge in [-0.15, -0.1) is 0 Å². The molecule has 0 aliphatic carbocycles. The number of rotatable bonds is 9. The van der Waals surface area contributed by atoms with E-state index >= 15 is 0 Å². The van der Waals surface area contributed by atoms with Crippen molar-refractivity contribution in [2.75, 3.05) is 13.2 Å². The molecule has 0 aliphatic rings. The number of esters is 1. The maximum atomic E-state index is 12.4. The predicted molar refractivity (Wildman–Crippen MR) is 102 cm³/mol. The zero-order chi connectivity index (χ0) is 21.2. The number of carbonyl (C=O) groups is 3. The highest BCUT2D eigenvalue weighted by atomic mass is 16.7. The van der Waals surface area contributed by atoms with E-state index in [1.807, 2.05) is 30.3 Å². The van der Waals surface area contributed by atoms with Crippen LogP contribution in [0, 0.1) is 5.92 Å². The van der Waals surface area contributed by atoms with Gasteiger partial charge in [-0.05, 0) is 32.3 Å². The molecule has 1 amide bonds. The molecule has 1 atom stereocenters. The Morgan fingerprint density at radius 2 is 1.68 bits per heavy atom. The van der Waals surface area contributed by atoms with E-state index in [2.05, 4.69) is 5.32 Å². The summed E-state index contributed by atoms with van der Waals surface area (Å²) in [6.45, 7) is 8.45. The SMILES string of the molecule is CCOC(=O)OC(C)(C)COC(=O)[C@@H](NC(=O)OCc1ccccc1)C(C)C. The third kappa shape index (κ3) is 8.75.